The van der Waals surface area contributed by atoms with Gasteiger partial charge in [-0.15, -0.1) is 0 Å². The molecule has 0 aromatic heterocycles. The van der Waals surface area contributed by atoms with Gasteiger partial charge in [-0.3, -0.25) is 0 Å². The molecule has 1 rings (SSSR count). The van der Waals surface area contributed by atoms with E-state index < -0.39 is 26.1 Å². The topological polar surface area (TPSA) is 77.5 Å². The van der Waals surface area contributed by atoms with Crippen LogP contribution >= 0.6 is 0 Å². The normalized spacial score (nSPS) is 12.4. The number of para-hydroxylation sites is 1. The number of rotatable bonds is 3. The molecule has 0 saturated heterocycles. The fourth-order valence-electron chi connectivity index (χ4n) is 0.933. The molecule has 0 atom stereocenters. The Kier molecular flexibility index (Phi) is 3.00. The summed E-state index contributed by atoms with van der Waals surface area (Å²) in [7, 11) is -8.89. The van der Waals surface area contributed by atoms with E-state index >= 15 is 0 Å². The maximum absolute atomic E-state index is 12.2. The summed E-state index contributed by atoms with van der Waals surface area (Å²) in [6, 6.07) is 4.87. The zero-order valence-corrected chi connectivity index (χ0v) is 9.18. The summed E-state index contributed by atoms with van der Waals surface area (Å²) in [4.78, 5) is -0.383. The van der Waals surface area contributed by atoms with Gasteiger partial charge in [-0.2, -0.15) is 8.42 Å². The van der Waals surface area contributed by atoms with Gasteiger partial charge in [0.1, 0.15) is 4.90 Å². The van der Waals surface area contributed by atoms with Crippen molar-refractivity contribution < 1.29 is 24.9 Å². The first kappa shape index (κ1) is 11.9. The molecule has 0 bridgehead atoms. The second-order valence-electron chi connectivity index (χ2n) is 2.70. The van der Waals surface area contributed by atoms with E-state index in [1.54, 1.807) is 0 Å². The second kappa shape index (κ2) is 3.78. The SMILES string of the molecule is CS(=O)(=O)c1ccccc1OS(=O)(=O)F. The predicted molar refractivity (Wildman–Crippen MR) is 50.2 cm³/mol. The minimum Gasteiger partial charge on any atom is -0.357 e. The monoisotopic (exact) mass is 254 g/mol. The molecule has 1 aromatic rings. The van der Waals surface area contributed by atoms with Crippen LogP contribution in [0.2, 0.25) is 0 Å². The lowest BCUT2D eigenvalue weighted by molar-refractivity contribution is 0.434. The molecule has 0 heterocycles. The van der Waals surface area contributed by atoms with Gasteiger partial charge in [0, 0.05) is 6.26 Å². The minimum atomic E-state index is -5.22. The summed E-state index contributed by atoms with van der Waals surface area (Å²) in [5.74, 6) is -0.553. The fraction of sp³-hybridized carbons (Fsp3) is 0.143. The van der Waals surface area contributed by atoms with E-state index in [9.17, 15) is 20.7 Å². The summed E-state index contributed by atoms with van der Waals surface area (Å²) in [6.45, 7) is 0. The first-order chi connectivity index (χ1) is 6.70. The van der Waals surface area contributed by atoms with Crippen LogP contribution in [0, 0.1) is 0 Å². The molecule has 5 nitrogen and oxygen atoms in total. The van der Waals surface area contributed by atoms with E-state index in [-0.39, 0.29) is 4.90 Å². The highest BCUT2D eigenvalue weighted by Gasteiger charge is 2.18. The van der Waals surface area contributed by atoms with E-state index in [1.165, 1.54) is 12.1 Å². The van der Waals surface area contributed by atoms with Gasteiger partial charge < -0.3 is 4.18 Å². The molecule has 0 unspecified atom stereocenters. The van der Waals surface area contributed by atoms with Crippen LogP contribution < -0.4 is 4.18 Å². The Hall–Kier alpha value is -1.15. The molecule has 0 saturated carbocycles. The molecule has 0 aliphatic heterocycles. The highest BCUT2D eigenvalue weighted by Crippen LogP contribution is 2.24. The molecule has 0 fully saturated rings. The second-order valence-corrected chi connectivity index (χ2v) is 5.63. The van der Waals surface area contributed by atoms with Gasteiger partial charge in [0.15, 0.2) is 15.6 Å². The molecular weight excluding hydrogens is 247 g/mol. The van der Waals surface area contributed by atoms with Crippen LogP contribution in [0.3, 0.4) is 0 Å². The van der Waals surface area contributed by atoms with Crippen molar-refractivity contribution in [1.29, 1.82) is 0 Å². The number of halogens is 1. The average Bonchev–Trinajstić information content (AvgIpc) is 1.99. The third-order valence-electron chi connectivity index (χ3n) is 1.44. The first-order valence-electron chi connectivity index (χ1n) is 3.63. The van der Waals surface area contributed by atoms with E-state index in [4.69, 9.17) is 0 Å². The van der Waals surface area contributed by atoms with Crippen LogP contribution in [-0.2, 0) is 20.3 Å². The molecule has 0 amide bonds. The Labute approximate surface area is 86.8 Å². The molecular formula is C7H7FO5S2. The number of benzene rings is 1. The largest absolute Gasteiger partial charge is 0.488 e. The summed E-state index contributed by atoms with van der Waals surface area (Å²) in [6.07, 6.45) is 0.861. The maximum Gasteiger partial charge on any atom is 0.488 e. The van der Waals surface area contributed by atoms with Gasteiger partial charge in [0.2, 0.25) is 0 Å². The Bertz CT molecular complexity index is 561. The average molecular weight is 254 g/mol. The fourth-order valence-corrected chi connectivity index (χ4v) is 2.15. The Morgan fingerprint density at radius 3 is 2.13 bits per heavy atom. The zero-order valence-electron chi connectivity index (χ0n) is 7.55. The van der Waals surface area contributed by atoms with Crippen molar-refractivity contribution in [2.75, 3.05) is 6.26 Å². The smallest absolute Gasteiger partial charge is 0.357 e. The van der Waals surface area contributed by atoms with Crippen molar-refractivity contribution in [2.24, 2.45) is 0 Å². The minimum absolute atomic E-state index is 0.383. The molecule has 0 aliphatic carbocycles. The van der Waals surface area contributed by atoms with Crippen molar-refractivity contribution >= 4 is 20.3 Å². The molecule has 0 radical (unpaired) electrons. The highest BCUT2D eigenvalue weighted by atomic mass is 32.3. The Morgan fingerprint density at radius 1 is 1.13 bits per heavy atom. The number of hydrogen-bond acceptors (Lipinski definition) is 5. The standard InChI is InChI=1S/C7H7FO5S2/c1-14(9,10)7-5-3-2-4-6(7)13-15(8,11)12/h2-5H,1H3. The molecule has 15 heavy (non-hydrogen) atoms. The van der Waals surface area contributed by atoms with E-state index in [2.05, 4.69) is 4.18 Å². The van der Waals surface area contributed by atoms with Gasteiger partial charge in [-0.05, 0) is 12.1 Å². The predicted octanol–water partition coefficient (Wildman–Crippen LogP) is 0.683. The molecule has 0 N–H and O–H groups in total. The van der Waals surface area contributed by atoms with Crippen molar-refractivity contribution in [3.8, 4) is 5.75 Å². The van der Waals surface area contributed by atoms with Gasteiger partial charge in [0.25, 0.3) is 0 Å². The van der Waals surface area contributed by atoms with E-state index in [0.29, 0.717) is 0 Å². The maximum atomic E-state index is 12.2. The lowest BCUT2D eigenvalue weighted by Crippen LogP contribution is -2.06. The molecule has 8 heteroatoms. The van der Waals surface area contributed by atoms with Gasteiger partial charge in [-0.25, -0.2) is 8.42 Å². The Balaban J connectivity index is 3.32. The van der Waals surface area contributed by atoms with E-state index in [1.807, 2.05) is 0 Å². The van der Waals surface area contributed by atoms with Crippen molar-refractivity contribution in [2.45, 2.75) is 4.90 Å². The van der Waals surface area contributed by atoms with Crippen LogP contribution in [-0.4, -0.2) is 23.1 Å². The molecule has 1 aromatic carbocycles. The van der Waals surface area contributed by atoms with Crippen molar-refractivity contribution in [3.63, 3.8) is 0 Å². The molecule has 0 spiro atoms. The van der Waals surface area contributed by atoms with E-state index in [0.717, 1.165) is 18.4 Å². The van der Waals surface area contributed by atoms with Crippen molar-refractivity contribution in [3.05, 3.63) is 24.3 Å². The highest BCUT2D eigenvalue weighted by molar-refractivity contribution is 7.90. The van der Waals surface area contributed by atoms with Gasteiger partial charge in [-0.1, -0.05) is 16.0 Å². The Morgan fingerprint density at radius 2 is 1.67 bits per heavy atom. The first-order valence-corrected chi connectivity index (χ1v) is 6.83. The third-order valence-corrected chi connectivity index (χ3v) is 2.95. The number of hydrogen-bond donors (Lipinski definition) is 0. The summed E-state index contributed by atoms with van der Waals surface area (Å²) in [5, 5.41) is 0. The quantitative estimate of drug-likeness (QED) is 0.741. The van der Waals surface area contributed by atoms with Crippen LogP contribution in [0.1, 0.15) is 0 Å². The molecule has 84 valence electrons. The lowest BCUT2D eigenvalue weighted by atomic mass is 10.3. The van der Waals surface area contributed by atoms with Crippen LogP contribution in [0.15, 0.2) is 29.2 Å². The van der Waals surface area contributed by atoms with Crippen molar-refractivity contribution in [1.82, 2.24) is 0 Å². The third kappa shape index (κ3) is 3.48. The lowest BCUT2D eigenvalue weighted by Gasteiger charge is -2.05. The number of sulfone groups is 1. The van der Waals surface area contributed by atoms with Crippen LogP contribution in [0.4, 0.5) is 3.89 Å². The summed E-state index contributed by atoms with van der Waals surface area (Å²) >= 11 is 0. The van der Waals surface area contributed by atoms with Gasteiger partial charge >= 0.3 is 10.5 Å². The van der Waals surface area contributed by atoms with Crippen LogP contribution in [0.25, 0.3) is 0 Å². The van der Waals surface area contributed by atoms with Gasteiger partial charge in [0.05, 0.1) is 0 Å². The molecule has 0 aliphatic rings. The summed E-state index contributed by atoms with van der Waals surface area (Å²) < 4.78 is 58.8. The summed E-state index contributed by atoms with van der Waals surface area (Å²) in [5.41, 5.74) is 0. The van der Waals surface area contributed by atoms with Crippen LogP contribution in [0.5, 0.6) is 5.75 Å². The zero-order chi connectivity index (χ0) is 11.7.